The lowest BCUT2D eigenvalue weighted by Crippen LogP contribution is -2.51. The normalized spacial score (nSPS) is 21.4. The predicted octanol–water partition coefficient (Wildman–Crippen LogP) is 5.18. The zero-order valence-corrected chi connectivity index (χ0v) is 15.1. The van der Waals surface area contributed by atoms with Gasteiger partial charge in [-0.15, -0.1) is 0 Å². The Morgan fingerprint density at radius 3 is 2.60 bits per heavy atom. The molecule has 0 aliphatic carbocycles. The molecular formula is C22H28FNO. The summed E-state index contributed by atoms with van der Waals surface area (Å²) in [5.41, 5.74) is 1.80. The maximum Gasteiger partial charge on any atom is 0.126 e. The van der Waals surface area contributed by atoms with Crippen LogP contribution < -0.4 is 0 Å². The molecule has 1 unspecified atom stereocenters. The van der Waals surface area contributed by atoms with Crippen molar-refractivity contribution in [2.24, 2.45) is 0 Å². The van der Waals surface area contributed by atoms with Crippen molar-refractivity contribution in [1.29, 1.82) is 0 Å². The highest BCUT2D eigenvalue weighted by Crippen LogP contribution is 2.30. The van der Waals surface area contributed by atoms with Crippen LogP contribution in [0.4, 0.5) is 4.39 Å². The van der Waals surface area contributed by atoms with E-state index >= 15 is 0 Å². The van der Waals surface area contributed by atoms with Crippen LogP contribution in [-0.2, 0) is 17.8 Å². The van der Waals surface area contributed by atoms with Gasteiger partial charge in [-0.1, -0.05) is 48.5 Å². The molecule has 0 saturated carbocycles. The van der Waals surface area contributed by atoms with Crippen LogP contribution in [-0.4, -0.2) is 23.7 Å². The molecule has 1 saturated heterocycles. The largest absolute Gasteiger partial charge is 0.356 e. The van der Waals surface area contributed by atoms with Crippen molar-refractivity contribution in [3.05, 3.63) is 71.5 Å². The average Bonchev–Trinajstić information content (AvgIpc) is 2.64. The molecule has 0 amide bonds. The van der Waals surface area contributed by atoms with E-state index < -0.39 is 0 Å². The van der Waals surface area contributed by atoms with Gasteiger partial charge in [0.25, 0.3) is 0 Å². The van der Waals surface area contributed by atoms with E-state index in [0.29, 0.717) is 6.61 Å². The molecule has 0 spiro atoms. The van der Waals surface area contributed by atoms with Crippen molar-refractivity contribution in [3.63, 3.8) is 0 Å². The van der Waals surface area contributed by atoms with E-state index in [-0.39, 0.29) is 11.5 Å². The topological polar surface area (TPSA) is 12.5 Å². The van der Waals surface area contributed by atoms with Crippen molar-refractivity contribution >= 4 is 0 Å². The molecule has 134 valence electrons. The van der Waals surface area contributed by atoms with Gasteiger partial charge < -0.3 is 4.74 Å². The van der Waals surface area contributed by atoms with Crippen LogP contribution in [0.25, 0.3) is 0 Å². The van der Waals surface area contributed by atoms with E-state index in [9.17, 15) is 4.39 Å². The third-order valence-electron chi connectivity index (χ3n) is 5.21. The minimum Gasteiger partial charge on any atom is -0.356 e. The van der Waals surface area contributed by atoms with Gasteiger partial charge in [-0.2, -0.15) is 0 Å². The van der Waals surface area contributed by atoms with Gasteiger partial charge in [0.1, 0.15) is 11.5 Å². The SMILES string of the molecule is CC1(OCc2ccccc2)CCCCN1CCCc1ccccc1F. The summed E-state index contributed by atoms with van der Waals surface area (Å²) in [7, 11) is 0. The molecule has 2 aromatic carbocycles. The Kier molecular flexibility index (Phi) is 6.22. The number of piperidine rings is 1. The first-order valence-electron chi connectivity index (χ1n) is 9.34. The Balaban J connectivity index is 1.55. The smallest absolute Gasteiger partial charge is 0.126 e. The Bertz CT molecular complexity index is 660. The molecule has 1 aliphatic rings. The number of benzene rings is 2. The van der Waals surface area contributed by atoms with E-state index in [4.69, 9.17) is 4.74 Å². The van der Waals surface area contributed by atoms with Crippen LogP contribution in [0.15, 0.2) is 54.6 Å². The van der Waals surface area contributed by atoms with Crippen LogP contribution in [0.3, 0.4) is 0 Å². The molecule has 3 heteroatoms. The van der Waals surface area contributed by atoms with Crippen LogP contribution in [0.2, 0.25) is 0 Å². The standard InChI is InChI=1S/C22H28FNO/c1-22(25-18-19-10-3-2-4-11-19)15-7-8-16-24(22)17-9-13-20-12-5-6-14-21(20)23/h2-6,10-12,14H,7-9,13,15-18H2,1H3. The molecule has 3 rings (SSSR count). The van der Waals surface area contributed by atoms with E-state index in [2.05, 4.69) is 24.0 Å². The lowest BCUT2D eigenvalue weighted by Gasteiger charge is -2.44. The first-order chi connectivity index (χ1) is 12.2. The fourth-order valence-corrected chi connectivity index (χ4v) is 3.64. The molecule has 0 N–H and O–H groups in total. The summed E-state index contributed by atoms with van der Waals surface area (Å²) in [5.74, 6) is -0.0933. The third kappa shape index (κ3) is 4.90. The maximum absolute atomic E-state index is 13.8. The van der Waals surface area contributed by atoms with E-state index in [1.54, 1.807) is 12.1 Å². The highest BCUT2D eigenvalue weighted by Gasteiger charge is 2.34. The van der Waals surface area contributed by atoms with Gasteiger partial charge in [-0.05, 0) is 56.2 Å². The molecule has 2 aromatic rings. The van der Waals surface area contributed by atoms with Crippen molar-refractivity contribution in [1.82, 2.24) is 4.90 Å². The fourth-order valence-electron chi connectivity index (χ4n) is 3.64. The molecule has 25 heavy (non-hydrogen) atoms. The minimum atomic E-state index is -0.219. The van der Waals surface area contributed by atoms with Crippen molar-refractivity contribution in [3.8, 4) is 0 Å². The summed E-state index contributed by atoms with van der Waals surface area (Å²) in [5, 5.41) is 0. The van der Waals surface area contributed by atoms with Gasteiger partial charge in [0, 0.05) is 13.1 Å². The van der Waals surface area contributed by atoms with Gasteiger partial charge in [0.05, 0.1) is 6.61 Å². The number of halogens is 1. The van der Waals surface area contributed by atoms with Crippen molar-refractivity contribution in [2.45, 2.75) is 51.4 Å². The first-order valence-corrected chi connectivity index (χ1v) is 9.34. The summed E-state index contributed by atoms with van der Waals surface area (Å²) >= 11 is 0. The molecule has 1 fully saturated rings. The van der Waals surface area contributed by atoms with Gasteiger partial charge >= 0.3 is 0 Å². The van der Waals surface area contributed by atoms with Crippen LogP contribution >= 0.6 is 0 Å². The molecule has 2 nitrogen and oxygen atoms in total. The fraction of sp³-hybridized carbons (Fsp3) is 0.455. The maximum atomic E-state index is 13.8. The molecule has 1 atom stereocenters. The highest BCUT2D eigenvalue weighted by molar-refractivity contribution is 5.17. The zero-order valence-electron chi connectivity index (χ0n) is 15.1. The average molecular weight is 341 g/mol. The van der Waals surface area contributed by atoms with Crippen LogP contribution in [0, 0.1) is 5.82 Å². The Morgan fingerprint density at radius 2 is 1.80 bits per heavy atom. The minimum absolute atomic E-state index is 0.0933. The van der Waals surface area contributed by atoms with Gasteiger partial charge in [0.15, 0.2) is 0 Å². The quantitative estimate of drug-likeness (QED) is 0.688. The second-order valence-corrected chi connectivity index (χ2v) is 7.09. The molecule has 1 aliphatic heterocycles. The number of ether oxygens (including phenoxy) is 1. The summed E-state index contributed by atoms with van der Waals surface area (Å²) in [6.07, 6.45) is 5.20. The van der Waals surface area contributed by atoms with Gasteiger partial charge in [-0.3, -0.25) is 4.90 Å². The van der Waals surface area contributed by atoms with Gasteiger partial charge in [0.2, 0.25) is 0 Å². The molecule has 0 aromatic heterocycles. The lowest BCUT2D eigenvalue weighted by molar-refractivity contribution is -0.171. The third-order valence-corrected chi connectivity index (χ3v) is 5.21. The van der Waals surface area contributed by atoms with Crippen molar-refractivity contribution < 1.29 is 9.13 Å². The summed E-state index contributed by atoms with van der Waals surface area (Å²) in [6.45, 7) is 4.85. The Labute approximate surface area is 150 Å². The lowest BCUT2D eigenvalue weighted by atomic mass is 9.98. The van der Waals surface area contributed by atoms with E-state index in [1.165, 1.54) is 18.4 Å². The highest BCUT2D eigenvalue weighted by atomic mass is 19.1. The molecule has 0 bridgehead atoms. The number of nitrogens with zero attached hydrogens (tertiary/aromatic N) is 1. The summed E-state index contributed by atoms with van der Waals surface area (Å²) in [4.78, 5) is 2.44. The predicted molar refractivity (Wildman–Crippen MR) is 99.8 cm³/mol. The number of rotatable bonds is 7. The Hall–Kier alpha value is -1.71. The summed E-state index contributed by atoms with van der Waals surface area (Å²) in [6, 6.07) is 17.4. The van der Waals surface area contributed by atoms with Crippen LogP contribution in [0.1, 0.15) is 43.7 Å². The number of hydrogen-bond acceptors (Lipinski definition) is 2. The Morgan fingerprint density at radius 1 is 1.04 bits per heavy atom. The number of aryl methyl sites for hydroxylation is 1. The van der Waals surface area contributed by atoms with Gasteiger partial charge in [-0.25, -0.2) is 4.39 Å². The van der Waals surface area contributed by atoms with Crippen LogP contribution in [0.5, 0.6) is 0 Å². The van der Waals surface area contributed by atoms with E-state index in [1.807, 2.05) is 30.3 Å². The van der Waals surface area contributed by atoms with Crippen molar-refractivity contribution in [2.75, 3.05) is 13.1 Å². The molecular weight excluding hydrogens is 313 g/mol. The second-order valence-electron chi connectivity index (χ2n) is 7.09. The zero-order chi connectivity index (χ0) is 17.5. The second kappa shape index (κ2) is 8.59. The monoisotopic (exact) mass is 341 g/mol. The van der Waals surface area contributed by atoms with E-state index in [0.717, 1.165) is 37.9 Å². The summed E-state index contributed by atoms with van der Waals surface area (Å²) < 4.78 is 20.1. The molecule has 0 radical (unpaired) electrons. The number of likely N-dealkylation sites (tertiary alicyclic amines) is 1. The first kappa shape index (κ1) is 18.1. The molecule has 1 heterocycles. The number of hydrogen-bond donors (Lipinski definition) is 0.